The number of rotatable bonds is 0. The molecule has 59 valence electrons. The molecule has 1 nitrogen and oxygen atoms in total. The maximum Gasteiger partial charge on any atom is 0.000445 e. The van der Waals surface area contributed by atoms with E-state index >= 15 is 0 Å². The molecule has 1 saturated heterocycles. The van der Waals surface area contributed by atoms with Gasteiger partial charge in [-0.1, -0.05) is 6.92 Å². The molecule has 0 N–H and O–H groups in total. The van der Waals surface area contributed by atoms with E-state index in [-0.39, 0.29) is 26.9 Å². The van der Waals surface area contributed by atoms with Crippen molar-refractivity contribution < 1.29 is 19.5 Å². The smallest absolute Gasteiger partial charge is 0.000445 e. The van der Waals surface area contributed by atoms with Gasteiger partial charge in [0.05, 0.1) is 0 Å². The van der Waals surface area contributed by atoms with Gasteiger partial charge in [0.2, 0.25) is 0 Å². The molecule has 0 aromatic rings. The van der Waals surface area contributed by atoms with Gasteiger partial charge in [-0.05, 0) is 25.9 Å². The van der Waals surface area contributed by atoms with Crippen LogP contribution in [0.2, 0.25) is 0 Å². The molecular formula is C7H16NRh-. The molecule has 1 heterocycles. The Morgan fingerprint density at radius 1 is 1.44 bits per heavy atom. The molecule has 0 spiro atoms. The molecule has 1 aliphatic heterocycles. The Morgan fingerprint density at radius 3 is 2.11 bits per heavy atom. The van der Waals surface area contributed by atoms with Crippen LogP contribution in [0.25, 0.3) is 0 Å². The van der Waals surface area contributed by atoms with Crippen LogP contribution < -0.4 is 0 Å². The fourth-order valence-electron chi connectivity index (χ4n) is 1.16. The Morgan fingerprint density at radius 2 is 2.00 bits per heavy atom. The molecule has 1 atom stereocenters. The van der Waals surface area contributed by atoms with Gasteiger partial charge in [0, 0.05) is 26.0 Å². The van der Waals surface area contributed by atoms with Gasteiger partial charge in [0.1, 0.15) is 0 Å². The SMILES string of the molecule is CC1CCN(C)C1.[CH3-].[Rh]. The van der Waals surface area contributed by atoms with Gasteiger partial charge < -0.3 is 12.3 Å². The standard InChI is InChI=1S/C6H13N.CH3.Rh/c1-6-3-4-7(2)5-6;;/h6H,3-5H2,1-2H3;1H3;/q;-1;. The normalized spacial score (nSPS) is 26.7. The van der Waals surface area contributed by atoms with E-state index in [4.69, 9.17) is 0 Å². The number of hydrogen-bond acceptors (Lipinski definition) is 1. The second-order valence-corrected chi connectivity index (χ2v) is 2.66. The van der Waals surface area contributed by atoms with Gasteiger partial charge in [-0.25, -0.2) is 0 Å². The zero-order valence-corrected chi connectivity index (χ0v) is 8.12. The Hall–Kier alpha value is 0.583. The molecule has 1 radical (unpaired) electrons. The first kappa shape index (κ1) is 12.3. The summed E-state index contributed by atoms with van der Waals surface area (Å²) in [6.45, 7) is 4.92. The second kappa shape index (κ2) is 5.37. The Balaban J connectivity index is 0. The predicted octanol–water partition coefficient (Wildman–Crippen LogP) is 1.41. The summed E-state index contributed by atoms with van der Waals surface area (Å²) >= 11 is 0. The zero-order valence-electron chi connectivity index (χ0n) is 6.48. The quantitative estimate of drug-likeness (QED) is 0.438. The molecule has 0 aromatic heterocycles. The minimum Gasteiger partial charge on any atom is -0.358 e. The first-order valence-corrected chi connectivity index (χ1v) is 2.97. The first-order valence-electron chi connectivity index (χ1n) is 2.97. The van der Waals surface area contributed by atoms with Gasteiger partial charge in [0.15, 0.2) is 0 Å². The summed E-state index contributed by atoms with van der Waals surface area (Å²) in [4.78, 5) is 2.38. The van der Waals surface area contributed by atoms with Crippen molar-refractivity contribution in [3.05, 3.63) is 7.43 Å². The van der Waals surface area contributed by atoms with Crippen LogP contribution in [-0.2, 0) is 19.5 Å². The van der Waals surface area contributed by atoms with Crippen LogP contribution in [0.5, 0.6) is 0 Å². The van der Waals surface area contributed by atoms with Crippen LogP contribution in [0.15, 0.2) is 0 Å². The third kappa shape index (κ3) is 4.05. The summed E-state index contributed by atoms with van der Waals surface area (Å²) in [5.74, 6) is 0.949. The van der Waals surface area contributed by atoms with Crippen LogP contribution in [-0.4, -0.2) is 25.0 Å². The predicted molar refractivity (Wildman–Crippen MR) is 37.7 cm³/mol. The van der Waals surface area contributed by atoms with Crippen molar-refractivity contribution >= 4 is 0 Å². The average molecular weight is 217 g/mol. The maximum absolute atomic E-state index is 2.38. The van der Waals surface area contributed by atoms with E-state index in [0.717, 1.165) is 5.92 Å². The molecule has 2 heteroatoms. The number of nitrogens with zero attached hydrogens (tertiary/aromatic N) is 1. The summed E-state index contributed by atoms with van der Waals surface area (Å²) in [5, 5.41) is 0. The Bertz CT molecular complexity index is 57.9. The molecular weight excluding hydrogens is 201 g/mol. The van der Waals surface area contributed by atoms with E-state index in [1.807, 2.05) is 0 Å². The number of likely N-dealkylation sites (tertiary alicyclic amines) is 1. The molecule has 0 bridgehead atoms. The van der Waals surface area contributed by atoms with Gasteiger partial charge in [-0.2, -0.15) is 0 Å². The fourth-order valence-corrected chi connectivity index (χ4v) is 1.16. The third-order valence-electron chi connectivity index (χ3n) is 1.63. The van der Waals surface area contributed by atoms with Gasteiger partial charge in [-0.15, -0.1) is 0 Å². The van der Waals surface area contributed by atoms with E-state index in [2.05, 4.69) is 18.9 Å². The largest absolute Gasteiger partial charge is 0.358 e. The summed E-state index contributed by atoms with van der Waals surface area (Å²) in [7, 11) is 2.18. The van der Waals surface area contributed by atoms with E-state index in [1.165, 1.54) is 19.5 Å². The van der Waals surface area contributed by atoms with E-state index in [9.17, 15) is 0 Å². The van der Waals surface area contributed by atoms with Crippen LogP contribution in [0, 0.1) is 13.3 Å². The Kier molecular flexibility index (Phi) is 7.33. The van der Waals surface area contributed by atoms with E-state index < -0.39 is 0 Å². The molecule has 1 aliphatic rings. The van der Waals surface area contributed by atoms with Crippen LogP contribution in [0.3, 0.4) is 0 Å². The fraction of sp³-hybridized carbons (Fsp3) is 0.857. The molecule has 0 aliphatic carbocycles. The van der Waals surface area contributed by atoms with E-state index in [1.54, 1.807) is 0 Å². The number of hydrogen-bond donors (Lipinski definition) is 0. The molecule has 9 heavy (non-hydrogen) atoms. The van der Waals surface area contributed by atoms with Crippen molar-refractivity contribution in [2.75, 3.05) is 20.1 Å². The Labute approximate surface area is 71.6 Å². The summed E-state index contributed by atoms with van der Waals surface area (Å²) in [6, 6.07) is 0. The molecule has 1 fully saturated rings. The first-order chi connectivity index (χ1) is 3.29. The summed E-state index contributed by atoms with van der Waals surface area (Å²) in [6.07, 6.45) is 1.40. The molecule has 0 amide bonds. The van der Waals surface area contributed by atoms with Crippen molar-refractivity contribution in [2.24, 2.45) is 5.92 Å². The second-order valence-electron chi connectivity index (χ2n) is 2.66. The topological polar surface area (TPSA) is 3.24 Å². The van der Waals surface area contributed by atoms with Crippen molar-refractivity contribution in [2.45, 2.75) is 13.3 Å². The van der Waals surface area contributed by atoms with Gasteiger partial charge in [0.25, 0.3) is 0 Å². The summed E-state index contributed by atoms with van der Waals surface area (Å²) in [5.41, 5.74) is 0. The van der Waals surface area contributed by atoms with Gasteiger partial charge in [-0.3, -0.25) is 0 Å². The molecule has 0 saturated carbocycles. The van der Waals surface area contributed by atoms with Crippen molar-refractivity contribution in [1.82, 2.24) is 4.90 Å². The summed E-state index contributed by atoms with van der Waals surface area (Å²) < 4.78 is 0. The average Bonchev–Trinajstić information content (AvgIpc) is 1.87. The minimum absolute atomic E-state index is 0. The van der Waals surface area contributed by atoms with Crippen molar-refractivity contribution in [1.29, 1.82) is 0 Å². The van der Waals surface area contributed by atoms with Crippen LogP contribution in [0.1, 0.15) is 13.3 Å². The van der Waals surface area contributed by atoms with Crippen molar-refractivity contribution in [3.63, 3.8) is 0 Å². The van der Waals surface area contributed by atoms with Crippen molar-refractivity contribution in [3.8, 4) is 0 Å². The minimum atomic E-state index is 0. The van der Waals surface area contributed by atoms with Crippen LogP contribution >= 0.6 is 0 Å². The molecule has 1 unspecified atom stereocenters. The zero-order chi connectivity index (χ0) is 5.28. The van der Waals surface area contributed by atoms with Gasteiger partial charge >= 0.3 is 0 Å². The maximum atomic E-state index is 2.38. The van der Waals surface area contributed by atoms with E-state index in [0.29, 0.717) is 0 Å². The van der Waals surface area contributed by atoms with Crippen LogP contribution in [0.4, 0.5) is 0 Å². The third-order valence-corrected chi connectivity index (χ3v) is 1.63. The molecule has 1 rings (SSSR count). The monoisotopic (exact) mass is 217 g/mol. The molecule has 0 aromatic carbocycles.